The number of nitrogens with zero attached hydrogens (tertiary/aromatic N) is 12. The van der Waals surface area contributed by atoms with Crippen LogP contribution in [0.1, 0.15) is 128 Å². The van der Waals surface area contributed by atoms with Gasteiger partial charge in [0.05, 0.1) is 0 Å². The number of carbonyl (C=O) groups is 2. The number of hydrogen-bond acceptors (Lipinski definition) is 18. The van der Waals surface area contributed by atoms with Crippen LogP contribution in [0, 0.1) is 0 Å². The van der Waals surface area contributed by atoms with E-state index < -0.39 is 11.9 Å². The van der Waals surface area contributed by atoms with Crippen LogP contribution in [-0.2, 0) is 20.4 Å². The van der Waals surface area contributed by atoms with Gasteiger partial charge in [0.1, 0.15) is 23.3 Å². The quantitative estimate of drug-likeness (QED) is 0.0313. The van der Waals surface area contributed by atoms with Gasteiger partial charge in [-0.15, -0.1) is 0 Å². The molecule has 0 unspecified atom stereocenters. The van der Waals surface area contributed by atoms with Crippen molar-refractivity contribution in [2.45, 2.75) is 126 Å². The predicted molar refractivity (Wildman–Crippen MR) is 267 cm³/mol. The third-order valence-electron chi connectivity index (χ3n) is 12.9. The van der Waals surface area contributed by atoms with Gasteiger partial charge in [0.15, 0.2) is 10.3 Å². The van der Waals surface area contributed by atoms with Crippen LogP contribution in [0.15, 0.2) is 59.1 Å². The fraction of sp³-hybridized carbons (Fsp3) is 0.600. The summed E-state index contributed by atoms with van der Waals surface area (Å²) in [6.45, 7) is 22.8. The number of ether oxygens (including phenoxy) is 2. The minimum atomic E-state index is -0.756. The predicted octanol–water partition coefficient (Wildman–Crippen LogP) is 7.65. The SMILES string of the molecule is CC(C)(C)c1nc(C2CCC2)cc(N2CCN(CCCSc3nccc(OC(=O)/C=C/C(=O)Oc4ccnc(SCCCN5CCN(c6cc(C7CCC7)nc(C(C)(C)C)n6)CC5)n4)n3)CC2)n1. The molecule has 0 radical (unpaired) electrons. The standard InChI is InChI=1S/C50H68N12O4S2/c1-49(2,3)45-53-37(35-11-7-12-35)33-39(55-45)61-27-23-59(24-28-61)21-9-31-67-47-51-19-17-41(57-47)65-43(63)15-16-44(64)66-42-18-20-52-48(58-42)68-32-10-22-60-25-29-62(30-26-60)40-34-38(36-13-8-14-36)54-46(56-40)50(4,5)6/h15-20,33-36H,7-14,21-32H2,1-6H3/b16-15+. The third-order valence-corrected chi connectivity index (χ3v) is 14.8. The van der Waals surface area contributed by atoms with Gasteiger partial charge < -0.3 is 19.3 Å². The Bertz CT molecular complexity index is 2210. The molecule has 0 aromatic carbocycles. The molecule has 0 bridgehead atoms. The van der Waals surface area contributed by atoms with Crippen molar-refractivity contribution in [1.82, 2.24) is 49.7 Å². The van der Waals surface area contributed by atoms with Gasteiger partial charge in [-0.3, -0.25) is 9.80 Å². The van der Waals surface area contributed by atoms with E-state index >= 15 is 0 Å². The number of anilines is 2. The number of piperazine rings is 2. The molecule has 0 atom stereocenters. The first-order valence-corrected chi connectivity index (χ1v) is 26.5. The molecule has 4 aromatic heterocycles. The van der Waals surface area contributed by atoms with Crippen LogP contribution >= 0.6 is 23.5 Å². The second-order valence-corrected chi connectivity index (χ2v) is 22.4. The first kappa shape index (κ1) is 49.6. The topological polar surface area (TPSA) is 169 Å². The second-order valence-electron chi connectivity index (χ2n) is 20.3. The molecule has 364 valence electrons. The monoisotopic (exact) mass is 964 g/mol. The van der Waals surface area contributed by atoms with E-state index in [2.05, 4.69) is 93.2 Å². The molecule has 68 heavy (non-hydrogen) atoms. The van der Waals surface area contributed by atoms with Crippen LogP contribution in [0.3, 0.4) is 0 Å². The molecule has 0 N–H and O–H groups in total. The van der Waals surface area contributed by atoms with Gasteiger partial charge in [0, 0.05) is 147 Å². The van der Waals surface area contributed by atoms with Gasteiger partial charge in [-0.25, -0.2) is 39.5 Å². The molecule has 0 amide bonds. The zero-order valence-electron chi connectivity index (χ0n) is 40.7. The van der Waals surface area contributed by atoms with Gasteiger partial charge >= 0.3 is 11.9 Å². The summed E-state index contributed by atoms with van der Waals surface area (Å²) in [7, 11) is 0. The summed E-state index contributed by atoms with van der Waals surface area (Å²) in [5.74, 6) is 5.49. The molecule has 2 saturated carbocycles. The molecule has 2 aliphatic carbocycles. The average Bonchev–Trinajstić information content (AvgIpc) is 3.27. The van der Waals surface area contributed by atoms with Crippen molar-refractivity contribution in [1.29, 1.82) is 0 Å². The minimum Gasteiger partial charge on any atom is -0.404 e. The molecule has 4 aliphatic rings. The highest BCUT2D eigenvalue weighted by Gasteiger charge is 2.30. The molecule has 8 rings (SSSR count). The summed E-state index contributed by atoms with van der Waals surface area (Å²) in [6.07, 6.45) is 14.6. The van der Waals surface area contributed by atoms with Gasteiger partial charge in [-0.1, -0.05) is 77.9 Å². The highest BCUT2D eigenvalue weighted by atomic mass is 32.2. The van der Waals surface area contributed by atoms with Crippen LogP contribution < -0.4 is 19.3 Å². The number of esters is 2. The Hall–Kier alpha value is -4.78. The van der Waals surface area contributed by atoms with Gasteiger partial charge in [-0.05, 0) is 51.6 Å². The van der Waals surface area contributed by atoms with Crippen molar-refractivity contribution in [2.24, 2.45) is 0 Å². The number of rotatable bonds is 18. The van der Waals surface area contributed by atoms with Crippen molar-refractivity contribution >= 4 is 47.1 Å². The number of carbonyl (C=O) groups excluding carboxylic acids is 2. The van der Waals surface area contributed by atoms with E-state index in [4.69, 9.17) is 29.4 Å². The summed E-state index contributed by atoms with van der Waals surface area (Å²) in [4.78, 5) is 72.5. The largest absolute Gasteiger partial charge is 0.404 e. The maximum atomic E-state index is 12.6. The van der Waals surface area contributed by atoms with Gasteiger partial charge in [0.2, 0.25) is 11.8 Å². The molecule has 6 heterocycles. The van der Waals surface area contributed by atoms with Gasteiger partial charge in [-0.2, -0.15) is 9.97 Å². The molecule has 0 spiro atoms. The lowest BCUT2D eigenvalue weighted by Crippen LogP contribution is -2.47. The summed E-state index contributed by atoms with van der Waals surface area (Å²) < 4.78 is 10.8. The normalized spacial score (nSPS) is 17.9. The van der Waals surface area contributed by atoms with Gasteiger partial charge in [0.25, 0.3) is 0 Å². The Labute approximate surface area is 410 Å². The summed E-state index contributed by atoms with van der Waals surface area (Å²) in [6, 6.07) is 7.49. The van der Waals surface area contributed by atoms with Crippen molar-refractivity contribution in [2.75, 3.05) is 86.8 Å². The van der Waals surface area contributed by atoms with Crippen LogP contribution in [0.4, 0.5) is 11.6 Å². The molecular weight excluding hydrogens is 897 g/mol. The fourth-order valence-electron chi connectivity index (χ4n) is 8.34. The van der Waals surface area contributed by atoms with Crippen LogP contribution in [0.25, 0.3) is 0 Å². The molecule has 2 saturated heterocycles. The van der Waals surface area contributed by atoms with E-state index in [9.17, 15) is 9.59 Å². The van der Waals surface area contributed by atoms with E-state index in [1.165, 1.54) is 85.6 Å². The molecule has 16 nitrogen and oxygen atoms in total. The van der Waals surface area contributed by atoms with Crippen molar-refractivity contribution in [3.63, 3.8) is 0 Å². The van der Waals surface area contributed by atoms with Crippen LogP contribution in [-0.4, -0.2) is 139 Å². The van der Waals surface area contributed by atoms with E-state index in [-0.39, 0.29) is 22.6 Å². The minimum absolute atomic E-state index is 0.0894. The highest BCUT2D eigenvalue weighted by molar-refractivity contribution is 7.99. The lowest BCUT2D eigenvalue weighted by Gasteiger charge is -2.36. The van der Waals surface area contributed by atoms with E-state index in [0.717, 1.165) is 125 Å². The Kier molecular flexibility index (Phi) is 16.6. The smallest absolute Gasteiger partial charge is 0.337 e. The summed E-state index contributed by atoms with van der Waals surface area (Å²) >= 11 is 3.04. The van der Waals surface area contributed by atoms with Crippen LogP contribution in [0.5, 0.6) is 11.8 Å². The van der Waals surface area contributed by atoms with E-state index in [1.54, 1.807) is 12.4 Å². The molecule has 18 heteroatoms. The fourth-order valence-corrected chi connectivity index (χ4v) is 9.84. The first-order chi connectivity index (χ1) is 32.7. The lowest BCUT2D eigenvalue weighted by atomic mass is 9.82. The summed E-state index contributed by atoms with van der Waals surface area (Å²) in [5, 5.41) is 1.04. The molecule has 4 aromatic rings. The zero-order chi connectivity index (χ0) is 47.7. The van der Waals surface area contributed by atoms with Crippen molar-refractivity contribution < 1.29 is 19.1 Å². The Morgan fingerprint density at radius 3 is 1.34 bits per heavy atom. The zero-order valence-corrected chi connectivity index (χ0v) is 42.4. The molecule has 4 fully saturated rings. The average molecular weight is 965 g/mol. The first-order valence-electron chi connectivity index (χ1n) is 24.5. The second kappa shape index (κ2) is 22.8. The number of thioether (sulfide) groups is 2. The number of aromatic nitrogens is 8. The maximum Gasteiger partial charge on any atom is 0.337 e. The van der Waals surface area contributed by atoms with Crippen molar-refractivity contribution in [3.05, 3.63) is 71.8 Å². The Morgan fingerprint density at radius 2 is 0.985 bits per heavy atom. The molecular formula is C50H68N12O4S2. The third kappa shape index (κ3) is 13.9. The Morgan fingerprint density at radius 1 is 0.588 bits per heavy atom. The molecule has 2 aliphatic heterocycles. The van der Waals surface area contributed by atoms with Crippen LogP contribution in [0.2, 0.25) is 0 Å². The van der Waals surface area contributed by atoms with Crippen molar-refractivity contribution in [3.8, 4) is 11.8 Å². The number of hydrogen-bond donors (Lipinski definition) is 0. The maximum absolute atomic E-state index is 12.6. The van der Waals surface area contributed by atoms with E-state index in [1.807, 2.05) is 0 Å². The summed E-state index contributed by atoms with van der Waals surface area (Å²) in [5.41, 5.74) is 2.24. The van der Waals surface area contributed by atoms with E-state index in [0.29, 0.717) is 22.1 Å². The Balaban J connectivity index is 0.703. The lowest BCUT2D eigenvalue weighted by molar-refractivity contribution is -0.131. The highest BCUT2D eigenvalue weighted by Crippen LogP contribution is 2.39.